The second-order valence-electron chi connectivity index (χ2n) is 7.65. The van der Waals surface area contributed by atoms with Gasteiger partial charge in [0.25, 0.3) is 0 Å². The predicted molar refractivity (Wildman–Crippen MR) is 128 cm³/mol. The quantitative estimate of drug-likeness (QED) is 0.530. The topological polar surface area (TPSA) is 86.5 Å². The number of aliphatic imine (C=N–C) groups is 1. The Morgan fingerprint density at radius 2 is 1.78 bits per heavy atom. The predicted octanol–water partition coefficient (Wildman–Crippen LogP) is 4.18. The molecule has 2 unspecified atom stereocenters. The molecule has 0 radical (unpaired) electrons. The molecule has 0 aliphatic carbocycles. The van der Waals surface area contributed by atoms with Gasteiger partial charge in [-0.15, -0.1) is 11.8 Å². The lowest BCUT2D eigenvalue weighted by atomic mass is 9.76. The second-order valence-corrected chi connectivity index (χ2v) is 8.69. The van der Waals surface area contributed by atoms with Crippen LogP contribution in [0.3, 0.4) is 0 Å². The highest BCUT2D eigenvalue weighted by atomic mass is 32.2. The molecule has 0 spiro atoms. The van der Waals surface area contributed by atoms with Crippen molar-refractivity contribution in [2.24, 2.45) is 16.5 Å². The molecule has 0 fully saturated rings. The molecular formula is C25H25FN4OS. The van der Waals surface area contributed by atoms with Crippen LogP contribution >= 0.6 is 11.8 Å². The van der Waals surface area contributed by atoms with Gasteiger partial charge in [0.1, 0.15) is 5.82 Å². The Bertz CT molecular complexity index is 1140. The summed E-state index contributed by atoms with van der Waals surface area (Å²) in [5, 5.41) is 0. The van der Waals surface area contributed by atoms with Gasteiger partial charge in [-0.25, -0.2) is 9.38 Å². The molecule has 0 bridgehead atoms. The number of aromatic nitrogens is 1. The molecule has 1 aromatic heterocycles. The summed E-state index contributed by atoms with van der Waals surface area (Å²) >= 11 is 1.53. The van der Waals surface area contributed by atoms with E-state index in [1.165, 1.54) is 30.5 Å². The molecule has 0 amide bonds. The number of nitrogens with zero attached hydrogens (tertiary/aromatic N) is 2. The summed E-state index contributed by atoms with van der Waals surface area (Å²) in [6, 6.07) is 20.4. The molecule has 0 saturated heterocycles. The second kappa shape index (κ2) is 9.65. The SMILES string of the molecule is COC1=C(c2ccccc2)C(N)(Cc2ncc(SCc3ccccc3)cc2F)C(N)C=N1. The molecule has 5 nitrogen and oxygen atoms in total. The molecule has 7 heteroatoms. The number of nitrogens with two attached hydrogens (primary N) is 2. The average molecular weight is 449 g/mol. The van der Waals surface area contributed by atoms with E-state index in [9.17, 15) is 0 Å². The van der Waals surface area contributed by atoms with E-state index in [1.807, 2.05) is 60.7 Å². The van der Waals surface area contributed by atoms with E-state index >= 15 is 4.39 Å². The van der Waals surface area contributed by atoms with Crippen molar-refractivity contribution in [1.29, 1.82) is 0 Å². The molecule has 32 heavy (non-hydrogen) atoms. The van der Waals surface area contributed by atoms with Gasteiger partial charge in [0, 0.05) is 35.1 Å². The first-order chi connectivity index (χ1) is 15.5. The molecule has 2 heterocycles. The number of thioether (sulfide) groups is 1. The van der Waals surface area contributed by atoms with Gasteiger partial charge in [-0.1, -0.05) is 60.7 Å². The first-order valence-electron chi connectivity index (χ1n) is 10.2. The summed E-state index contributed by atoms with van der Waals surface area (Å²) in [6.07, 6.45) is 3.33. The highest BCUT2D eigenvalue weighted by Gasteiger charge is 2.42. The molecule has 3 aromatic rings. The number of hydrogen-bond acceptors (Lipinski definition) is 6. The van der Waals surface area contributed by atoms with Crippen molar-refractivity contribution in [3.63, 3.8) is 0 Å². The fourth-order valence-electron chi connectivity index (χ4n) is 3.75. The van der Waals surface area contributed by atoms with Crippen molar-refractivity contribution in [3.05, 3.63) is 101 Å². The third-order valence-corrected chi connectivity index (χ3v) is 6.52. The van der Waals surface area contributed by atoms with E-state index in [0.717, 1.165) is 16.2 Å². The van der Waals surface area contributed by atoms with Crippen LogP contribution < -0.4 is 11.5 Å². The Morgan fingerprint density at radius 3 is 2.44 bits per heavy atom. The first kappa shape index (κ1) is 22.2. The Morgan fingerprint density at radius 1 is 1.09 bits per heavy atom. The van der Waals surface area contributed by atoms with E-state index in [1.54, 1.807) is 12.4 Å². The van der Waals surface area contributed by atoms with Gasteiger partial charge in [0.15, 0.2) is 0 Å². The number of benzene rings is 2. The van der Waals surface area contributed by atoms with Crippen LogP contribution in [-0.4, -0.2) is 29.9 Å². The maximum absolute atomic E-state index is 15.1. The van der Waals surface area contributed by atoms with E-state index in [-0.39, 0.29) is 12.1 Å². The van der Waals surface area contributed by atoms with Crippen LogP contribution in [0, 0.1) is 5.82 Å². The summed E-state index contributed by atoms with van der Waals surface area (Å²) < 4.78 is 20.6. The number of hydrogen-bond donors (Lipinski definition) is 2. The Kier molecular flexibility index (Phi) is 6.69. The molecule has 164 valence electrons. The van der Waals surface area contributed by atoms with Gasteiger partial charge in [0.05, 0.1) is 24.4 Å². The molecule has 4 rings (SSSR count). The van der Waals surface area contributed by atoms with Crippen LogP contribution in [-0.2, 0) is 16.9 Å². The van der Waals surface area contributed by atoms with Crippen LogP contribution in [0.5, 0.6) is 0 Å². The summed E-state index contributed by atoms with van der Waals surface area (Å²) in [5.41, 5.74) is 15.0. The normalized spacial score (nSPS) is 20.4. The van der Waals surface area contributed by atoms with Crippen molar-refractivity contribution in [2.75, 3.05) is 7.11 Å². The van der Waals surface area contributed by atoms with Crippen molar-refractivity contribution in [1.82, 2.24) is 4.98 Å². The first-order valence-corrected chi connectivity index (χ1v) is 11.2. The van der Waals surface area contributed by atoms with Gasteiger partial charge in [-0.3, -0.25) is 4.98 Å². The number of methoxy groups -OCH3 is 1. The highest BCUT2D eigenvalue weighted by Crippen LogP contribution is 2.37. The largest absolute Gasteiger partial charge is 0.481 e. The number of halogens is 1. The van der Waals surface area contributed by atoms with Crippen LogP contribution in [0.2, 0.25) is 0 Å². The highest BCUT2D eigenvalue weighted by molar-refractivity contribution is 7.98. The summed E-state index contributed by atoms with van der Waals surface area (Å²) in [5.74, 6) is 0.700. The lowest BCUT2D eigenvalue weighted by Crippen LogP contribution is -2.60. The van der Waals surface area contributed by atoms with Crippen molar-refractivity contribution >= 4 is 23.5 Å². The zero-order valence-electron chi connectivity index (χ0n) is 17.7. The molecule has 1 aliphatic heterocycles. The van der Waals surface area contributed by atoms with Crippen molar-refractivity contribution < 1.29 is 9.13 Å². The summed E-state index contributed by atoms with van der Waals surface area (Å²) in [4.78, 5) is 9.48. The van der Waals surface area contributed by atoms with Crippen molar-refractivity contribution in [2.45, 2.75) is 28.6 Å². The minimum absolute atomic E-state index is 0.104. The molecule has 4 N–H and O–H groups in total. The maximum Gasteiger partial charge on any atom is 0.218 e. The molecular weight excluding hydrogens is 423 g/mol. The van der Waals surface area contributed by atoms with Gasteiger partial charge in [-0.2, -0.15) is 0 Å². The lowest BCUT2D eigenvalue weighted by molar-refractivity contribution is 0.281. The van der Waals surface area contributed by atoms with E-state index < -0.39 is 17.4 Å². The third-order valence-electron chi connectivity index (χ3n) is 5.48. The summed E-state index contributed by atoms with van der Waals surface area (Å²) in [7, 11) is 1.53. The number of ether oxygens (including phenoxy) is 1. The zero-order valence-corrected chi connectivity index (χ0v) is 18.6. The number of rotatable bonds is 7. The molecule has 2 aromatic carbocycles. The fraction of sp³-hybridized carbons (Fsp3) is 0.200. The molecule has 0 saturated carbocycles. The zero-order chi connectivity index (χ0) is 22.6. The monoisotopic (exact) mass is 448 g/mol. The van der Waals surface area contributed by atoms with Gasteiger partial charge in [0.2, 0.25) is 5.88 Å². The molecule has 2 atom stereocenters. The van der Waals surface area contributed by atoms with Crippen molar-refractivity contribution in [3.8, 4) is 0 Å². The third kappa shape index (κ3) is 4.60. The molecule has 1 aliphatic rings. The van der Waals surface area contributed by atoms with Crippen LogP contribution in [0.15, 0.2) is 88.7 Å². The fourth-order valence-corrected chi connectivity index (χ4v) is 4.58. The van der Waals surface area contributed by atoms with Crippen LogP contribution in [0.25, 0.3) is 5.57 Å². The smallest absolute Gasteiger partial charge is 0.218 e. The maximum atomic E-state index is 15.1. The Hall–Kier alpha value is -3.00. The van der Waals surface area contributed by atoms with Crippen LogP contribution in [0.4, 0.5) is 4.39 Å². The minimum atomic E-state index is -1.14. The van der Waals surface area contributed by atoms with Crippen LogP contribution in [0.1, 0.15) is 16.8 Å². The van der Waals surface area contributed by atoms with E-state index in [2.05, 4.69) is 9.98 Å². The van der Waals surface area contributed by atoms with Gasteiger partial charge >= 0.3 is 0 Å². The van der Waals surface area contributed by atoms with Gasteiger partial charge in [-0.05, 0) is 17.2 Å². The standard InChI is InChI=1S/C25H25FN4OS/c1-31-24-23(18-10-6-3-7-11-18)25(28,22(27)15-30-24)13-21-20(26)12-19(14-29-21)32-16-17-8-4-2-5-9-17/h2-12,14-15,22H,13,16,27-28H2,1H3. The Balaban J connectivity index is 1.61. The van der Waals surface area contributed by atoms with E-state index in [4.69, 9.17) is 16.2 Å². The lowest BCUT2D eigenvalue weighted by Gasteiger charge is -2.38. The summed E-state index contributed by atoms with van der Waals surface area (Å²) in [6.45, 7) is 0. The number of pyridine rings is 1. The Labute approximate surface area is 191 Å². The van der Waals surface area contributed by atoms with Gasteiger partial charge < -0.3 is 16.2 Å². The average Bonchev–Trinajstić information content (AvgIpc) is 2.82. The minimum Gasteiger partial charge on any atom is -0.481 e. The van der Waals surface area contributed by atoms with E-state index in [0.29, 0.717) is 11.5 Å².